The first-order valence-corrected chi connectivity index (χ1v) is 42.6. The Bertz CT molecular complexity index is 6560. The molecule has 0 saturated heterocycles. The summed E-state index contributed by atoms with van der Waals surface area (Å²) in [4.78, 5) is 0. The number of para-hydroxylation sites is 4. The van der Waals surface area contributed by atoms with Crippen molar-refractivity contribution < 1.29 is 36.5 Å². The molecule has 8 aromatic heterocycles. The molecular weight excluding hydrogens is 1460 g/mol. The SMILES string of the molecule is Cc1c(-c2c3ccccc3cc[n+]2C)cccc1-c1n(-c2c(C(C)C)cccc2C(C)C)c2ccccc2[n+]1C.Cc1c(-c2c3ccccc3cc[n+]2C)cccc1-c1n(-c2c(C(C)C)cccc2C(C)C)cc[n+]1C.Cc1cc[n+](C)c(-c2cc(C)cc(-c3ccccc3C)[n+]2C)c1.Cc1ccccc1-c1cccc(-c2cccc[n+]2C)[n+]1C. The molecule has 0 aliphatic heterocycles. The van der Waals surface area contributed by atoms with E-state index in [0.29, 0.717) is 23.7 Å². The average Bonchev–Trinajstić information content (AvgIpc) is 1.55. The largest absolute Gasteiger partial charge is 0.295 e. The molecule has 602 valence electrons. The van der Waals surface area contributed by atoms with Crippen LogP contribution >= 0.6 is 0 Å². The highest BCUT2D eigenvalue weighted by Gasteiger charge is 2.35. The molecule has 0 unspecified atom stereocenters. The molecular formula is C110H120N10+8. The summed E-state index contributed by atoms with van der Waals surface area (Å²) >= 11 is 0. The maximum absolute atomic E-state index is 2.54. The van der Waals surface area contributed by atoms with Crippen molar-refractivity contribution in [2.75, 3.05) is 0 Å². The number of aryl methyl sites for hydroxylation is 10. The third-order valence-electron chi connectivity index (χ3n) is 24.3. The Hall–Kier alpha value is -12.9. The zero-order valence-electron chi connectivity index (χ0n) is 74.6. The molecule has 17 rings (SSSR count). The van der Waals surface area contributed by atoms with Crippen LogP contribution in [0, 0.1) is 41.5 Å². The summed E-state index contributed by atoms with van der Waals surface area (Å²) in [6.07, 6.45) is 13.0. The second kappa shape index (κ2) is 35.7. The predicted octanol–water partition coefficient (Wildman–Crippen LogP) is 22.1. The number of rotatable bonds is 14. The van der Waals surface area contributed by atoms with Gasteiger partial charge in [-0.05, 0) is 182 Å². The normalized spacial score (nSPS) is 11.4. The van der Waals surface area contributed by atoms with Gasteiger partial charge in [-0.3, -0.25) is 0 Å². The van der Waals surface area contributed by atoms with E-state index in [0.717, 1.165) is 0 Å². The van der Waals surface area contributed by atoms with Gasteiger partial charge in [-0.1, -0.05) is 189 Å². The van der Waals surface area contributed by atoms with Crippen molar-refractivity contribution in [1.29, 1.82) is 0 Å². The summed E-state index contributed by atoms with van der Waals surface area (Å²) in [5.74, 6) is 4.07. The number of benzene rings is 9. The molecule has 17 aromatic rings. The molecule has 10 nitrogen and oxygen atoms in total. The van der Waals surface area contributed by atoms with Crippen LogP contribution in [-0.4, -0.2) is 9.13 Å². The number of aromatic nitrogens is 10. The quantitative estimate of drug-likeness (QED) is 0.0974. The van der Waals surface area contributed by atoms with Crippen LogP contribution in [0.15, 0.2) is 304 Å². The molecule has 0 saturated carbocycles. The summed E-state index contributed by atoms with van der Waals surface area (Å²) in [6.45, 7) is 31.6. The summed E-state index contributed by atoms with van der Waals surface area (Å²) in [7, 11) is 17.1. The first kappa shape index (κ1) is 83.6. The fourth-order valence-corrected chi connectivity index (χ4v) is 17.8. The van der Waals surface area contributed by atoms with Crippen LogP contribution in [0.4, 0.5) is 0 Å². The maximum Gasteiger partial charge on any atom is 0.295 e. The van der Waals surface area contributed by atoms with Crippen LogP contribution in [0.1, 0.15) is 135 Å². The number of fused-ring (bicyclic) bond motifs is 3. The molecule has 0 amide bonds. The predicted molar refractivity (Wildman–Crippen MR) is 495 cm³/mol. The van der Waals surface area contributed by atoms with Crippen molar-refractivity contribution in [3.63, 3.8) is 0 Å². The first-order chi connectivity index (χ1) is 57.7. The fourth-order valence-electron chi connectivity index (χ4n) is 17.8. The van der Waals surface area contributed by atoms with E-state index in [9.17, 15) is 0 Å². The lowest BCUT2D eigenvalue weighted by molar-refractivity contribution is -0.685. The molecule has 120 heavy (non-hydrogen) atoms. The van der Waals surface area contributed by atoms with Gasteiger partial charge >= 0.3 is 0 Å². The van der Waals surface area contributed by atoms with Gasteiger partial charge in [-0.15, -0.1) is 0 Å². The van der Waals surface area contributed by atoms with Crippen LogP contribution < -0.4 is 36.5 Å². The Labute approximate surface area is 712 Å². The van der Waals surface area contributed by atoms with Crippen molar-refractivity contribution in [2.45, 2.75) is 121 Å². The minimum Gasteiger partial charge on any atom is -0.232 e. The molecule has 10 heteroatoms. The lowest BCUT2D eigenvalue weighted by Crippen LogP contribution is -2.40. The second-order valence-electron chi connectivity index (χ2n) is 33.9. The van der Waals surface area contributed by atoms with Crippen molar-refractivity contribution in [3.05, 3.63) is 360 Å². The van der Waals surface area contributed by atoms with Gasteiger partial charge in [-0.25, -0.2) is 18.3 Å². The molecule has 0 bridgehead atoms. The van der Waals surface area contributed by atoms with E-state index < -0.39 is 0 Å². The first-order valence-electron chi connectivity index (χ1n) is 42.6. The molecule has 8 heterocycles. The van der Waals surface area contributed by atoms with E-state index in [1.165, 1.54) is 190 Å². The molecule has 0 fully saturated rings. The molecule has 0 aliphatic carbocycles. The summed E-state index contributed by atoms with van der Waals surface area (Å²) < 4.78 is 23.0. The van der Waals surface area contributed by atoms with Gasteiger partial charge in [0.15, 0.2) is 35.8 Å². The van der Waals surface area contributed by atoms with Crippen LogP contribution in [0.3, 0.4) is 0 Å². The topological polar surface area (TPSA) is 40.9 Å². The number of hydrogen-bond donors (Lipinski definition) is 0. The fraction of sp³-hybridized carbons (Fsp3) is 0.236. The Kier molecular flexibility index (Phi) is 24.9. The molecule has 0 atom stereocenters. The third kappa shape index (κ3) is 16.4. The van der Waals surface area contributed by atoms with E-state index in [4.69, 9.17) is 0 Å². The maximum atomic E-state index is 2.54. The van der Waals surface area contributed by atoms with Crippen LogP contribution in [-0.2, 0) is 56.4 Å². The van der Waals surface area contributed by atoms with Crippen LogP contribution in [0.2, 0.25) is 0 Å². The number of nitrogens with zero attached hydrogens (tertiary/aromatic N) is 10. The van der Waals surface area contributed by atoms with Gasteiger partial charge in [0.2, 0.25) is 22.8 Å². The van der Waals surface area contributed by atoms with Gasteiger partial charge in [0, 0.05) is 94.0 Å². The van der Waals surface area contributed by atoms with E-state index in [1.54, 1.807) is 0 Å². The zero-order valence-corrected chi connectivity index (χ0v) is 74.6. The van der Waals surface area contributed by atoms with E-state index in [-0.39, 0.29) is 0 Å². The summed E-state index contributed by atoms with van der Waals surface area (Å²) in [5.41, 5.74) is 35.8. The average molecular weight is 1580 g/mol. The molecule has 9 aromatic carbocycles. The Morgan fingerprint density at radius 2 is 0.675 bits per heavy atom. The van der Waals surface area contributed by atoms with Gasteiger partial charge in [0.25, 0.3) is 34.4 Å². The lowest BCUT2D eigenvalue weighted by atomic mass is 9.91. The highest BCUT2D eigenvalue weighted by Crippen LogP contribution is 2.42. The Morgan fingerprint density at radius 1 is 0.267 bits per heavy atom. The minimum absolute atomic E-state index is 0.398. The third-order valence-corrected chi connectivity index (χ3v) is 24.3. The summed E-state index contributed by atoms with van der Waals surface area (Å²) in [6, 6.07) is 96.5. The van der Waals surface area contributed by atoms with E-state index >= 15 is 0 Å². The second-order valence-corrected chi connectivity index (χ2v) is 33.9. The molecule has 0 N–H and O–H groups in total. The standard InChI is InChI=1S/C37H39N3.C33H37N3.C21H24N2.C19H20N2/c1-24(2)28-16-12-17-29(25(3)4)36(28)40-34-21-11-10-20-33(34)39(7)37(40)31-19-13-18-30(26(31)5)35-32-15-9-8-14-27(32)22-23-38(35)6;1-22(2)26-14-10-15-27(23(3)4)32(26)36-21-20-35(7)33(36)29-17-11-16-28(24(29)5)31-30-13-9-8-12-25(30)18-19-34(31)6;1-15-10-11-22(4)20(12-15)21-14-16(2)13-19(23(21)5)18-9-7-6-8-17(18)3;1-15-9-4-5-10-16(15)17-12-8-13-19(21(17)3)18-11-6-7-14-20(18)2/h8-25H,1-7H3;8-23H,1-7H3;6-14H,1-5H3;4-14H,1-3H3/q4*+2. The van der Waals surface area contributed by atoms with Gasteiger partial charge < -0.3 is 0 Å². The number of hydrogen-bond acceptors (Lipinski definition) is 0. The van der Waals surface area contributed by atoms with E-state index in [1.807, 2.05) is 0 Å². The molecule has 0 spiro atoms. The van der Waals surface area contributed by atoms with Crippen molar-refractivity contribution in [3.8, 4) is 102 Å². The van der Waals surface area contributed by atoms with Crippen molar-refractivity contribution >= 4 is 32.6 Å². The Balaban J connectivity index is 0.000000136. The van der Waals surface area contributed by atoms with E-state index in [2.05, 4.69) is 503 Å². The van der Waals surface area contributed by atoms with Crippen LogP contribution in [0.25, 0.3) is 135 Å². The Morgan fingerprint density at radius 3 is 1.23 bits per heavy atom. The molecule has 0 radical (unpaired) electrons. The van der Waals surface area contributed by atoms with Crippen LogP contribution in [0.5, 0.6) is 0 Å². The zero-order chi connectivity index (χ0) is 85.1. The highest BCUT2D eigenvalue weighted by molar-refractivity contribution is 5.96. The minimum atomic E-state index is 0.398. The molecule has 0 aliphatic rings. The highest BCUT2D eigenvalue weighted by atomic mass is 15.2. The van der Waals surface area contributed by atoms with Gasteiger partial charge in [0.1, 0.15) is 66.1 Å². The van der Waals surface area contributed by atoms with Gasteiger partial charge in [0.05, 0.1) is 47.1 Å². The van der Waals surface area contributed by atoms with Crippen molar-refractivity contribution in [1.82, 2.24) is 9.13 Å². The monoisotopic (exact) mass is 1580 g/mol. The smallest absolute Gasteiger partial charge is 0.232 e. The lowest BCUT2D eigenvalue weighted by Gasteiger charge is -2.19. The van der Waals surface area contributed by atoms with Crippen molar-refractivity contribution in [2.24, 2.45) is 56.4 Å². The number of pyridine rings is 6. The van der Waals surface area contributed by atoms with Gasteiger partial charge in [-0.2, -0.15) is 27.4 Å². The summed E-state index contributed by atoms with van der Waals surface area (Å²) in [5, 5.41) is 5.06. The number of imidazole rings is 2.